The normalized spacial score (nSPS) is 21.0. The standard InChI is InChI=1S/C20H28O5/c1-14(2)7-5-9-17(19(22)23)10-6-8-15(3)11-12-20(24)16(4)13-18(21)25-20/h7,10-11,13,24H,5-6,8-9,12H2,1-4H3,(H,22,23). The summed E-state index contributed by atoms with van der Waals surface area (Å²) in [6.45, 7) is 7.55. The summed E-state index contributed by atoms with van der Waals surface area (Å²) in [5.41, 5.74) is 3.11. The molecule has 25 heavy (non-hydrogen) atoms. The van der Waals surface area contributed by atoms with Gasteiger partial charge in [-0.05, 0) is 53.4 Å². The zero-order chi connectivity index (χ0) is 19.0. The van der Waals surface area contributed by atoms with Crippen molar-refractivity contribution in [2.75, 3.05) is 0 Å². The number of ether oxygens (including phenoxy) is 1. The van der Waals surface area contributed by atoms with Crippen molar-refractivity contribution in [1.82, 2.24) is 0 Å². The van der Waals surface area contributed by atoms with Crippen LogP contribution < -0.4 is 0 Å². The molecule has 1 atom stereocenters. The van der Waals surface area contributed by atoms with Gasteiger partial charge in [-0.15, -0.1) is 0 Å². The second-order valence-corrected chi connectivity index (χ2v) is 6.68. The summed E-state index contributed by atoms with van der Waals surface area (Å²) in [6, 6.07) is 0. The Kier molecular flexibility index (Phi) is 7.84. The van der Waals surface area contributed by atoms with Gasteiger partial charge in [0.05, 0.1) is 0 Å². The van der Waals surface area contributed by atoms with E-state index in [9.17, 15) is 19.8 Å². The molecular weight excluding hydrogens is 320 g/mol. The predicted molar refractivity (Wildman–Crippen MR) is 96.8 cm³/mol. The molecule has 0 spiro atoms. The first-order valence-corrected chi connectivity index (χ1v) is 8.49. The average Bonchev–Trinajstić information content (AvgIpc) is 2.76. The molecule has 0 bridgehead atoms. The number of hydrogen-bond acceptors (Lipinski definition) is 4. The minimum atomic E-state index is -1.55. The number of cyclic esters (lactones) is 1. The Labute approximate surface area is 149 Å². The van der Waals surface area contributed by atoms with Crippen molar-refractivity contribution >= 4 is 11.9 Å². The number of aliphatic carboxylic acids is 1. The van der Waals surface area contributed by atoms with Crippen LogP contribution in [0.25, 0.3) is 0 Å². The van der Waals surface area contributed by atoms with Crippen LogP contribution in [0.4, 0.5) is 0 Å². The van der Waals surface area contributed by atoms with Crippen molar-refractivity contribution in [3.05, 3.63) is 46.6 Å². The molecule has 1 aliphatic heterocycles. The van der Waals surface area contributed by atoms with Gasteiger partial charge in [0.2, 0.25) is 5.79 Å². The minimum Gasteiger partial charge on any atom is -0.478 e. The smallest absolute Gasteiger partial charge is 0.333 e. The maximum atomic E-state index is 11.3. The number of rotatable bonds is 9. The Morgan fingerprint density at radius 3 is 2.32 bits per heavy atom. The fourth-order valence-corrected chi connectivity index (χ4v) is 2.47. The molecule has 0 amide bonds. The van der Waals surface area contributed by atoms with Crippen LogP contribution in [0.1, 0.15) is 59.8 Å². The van der Waals surface area contributed by atoms with Crippen LogP contribution in [0.3, 0.4) is 0 Å². The summed E-state index contributed by atoms with van der Waals surface area (Å²) in [5, 5.41) is 19.5. The van der Waals surface area contributed by atoms with Crippen molar-refractivity contribution in [2.24, 2.45) is 0 Å². The van der Waals surface area contributed by atoms with Crippen molar-refractivity contribution in [3.63, 3.8) is 0 Å². The number of aliphatic hydroxyl groups is 1. The van der Waals surface area contributed by atoms with Crippen LogP contribution in [0.15, 0.2) is 46.6 Å². The molecular formula is C20H28O5. The summed E-state index contributed by atoms with van der Waals surface area (Å²) in [7, 11) is 0. The summed E-state index contributed by atoms with van der Waals surface area (Å²) < 4.78 is 4.93. The molecule has 138 valence electrons. The molecule has 0 fully saturated rings. The highest BCUT2D eigenvalue weighted by atomic mass is 16.7. The number of allylic oxidation sites excluding steroid dienone is 4. The molecule has 2 N–H and O–H groups in total. The molecule has 0 aromatic heterocycles. The van der Waals surface area contributed by atoms with E-state index in [4.69, 9.17) is 4.74 Å². The second kappa shape index (κ2) is 9.37. The molecule has 5 nitrogen and oxygen atoms in total. The molecule has 0 radical (unpaired) electrons. The van der Waals surface area contributed by atoms with E-state index < -0.39 is 17.7 Å². The molecule has 1 heterocycles. The topological polar surface area (TPSA) is 83.8 Å². The van der Waals surface area contributed by atoms with Gasteiger partial charge in [0, 0.05) is 23.6 Å². The number of carboxylic acid groups (broad SMARTS) is 1. The molecule has 0 aromatic carbocycles. The molecule has 5 heteroatoms. The van der Waals surface area contributed by atoms with E-state index in [1.54, 1.807) is 13.0 Å². The third-order valence-corrected chi connectivity index (χ3v) is 4.12. The summed E-state index contributed by atoms with van der Waals surface area (Å²) in [5.74, 6) is -2.96. The van der Waals surface area contributed by atoms with E-state index in [0.717, 1.165) is 12.0 Å². The van der Waals surface area contributed by atoms with E-state index in [0.29, 0.717) is 30.4 Å². The SMILES string of the molecule is CC(C)=CCCC(=CCCC(C)=CCC1(O)OC(=O)C=C1C)C(=O)O. The van der Waals surface area contributed by atoms with E-state index >= 15 is 0 Å². The molecule has 1 aliphatic rings. The van der Waals surface area contributed by atoms with Gasteiger partial charge in [0.1, 0.15) is 0 Å². The van der Waals surface area contributed by atoms with Crippen molar-refractivity contribution in [1.29, 1.82) is 0 Å². The Morgan fingerprint density at radius 2 is 1.80 bits per heavy atom. The van der Waals surface area contributed by atoms with Crippen molar-refractivity contribution in [2.45, 2.75) is 65.6 Å². The number of hydrogen-bond donors (Lipinski definition) is 2. The third kappa shape index (κ3) is 7.10. The Balaban J connectivity index is 2.54. The van der Waals surface area contributed by atoms with Crippen LogP contribution in [0.5, 0.6) is 0 Å². The fraction of sp³-hybridized carbons (Fsp3) is 0.500. The van der Waals surface area contributed by atoms with Gasteiger partial charge in [-0.3, -0.25) is 0 Å². The van der Waals surface area contributed by atoms with Crippen LogP contribution in [0.2, 0.25) is 0 Å². The van der Waals surface area contributed by atoms with E-state index in [1.807, 2.05) is 32.9 Å². The van der Waals surface area contributed by atoms with Gasteiger partial charge >= 0.3 is 11.9 Å². The van der Waals surface area contributed by atoms with Gasteiger partial charge < -0.3 is 14.9 Å². The van der Waals surface area contributed by atoms with E-state index in [1.165, 1.54) is 11.6 Å². The molecule has 0 aliphatic carbocycles. The fourth-order valence-electron chi connectivity index (χ4n) is 2.47. The quantitative estimate of drug-likeness (QED) is 0.373. The molecule has 0 aromatic rings. The molecule has 1 unspecified atom stereocenters. The van der Waals surface area contributed by atoms with Gasteiger partial charge in [-0.2, -0.15) is 0 Å². The largest absolute Gasteiger partial charge is 0.478 e. The number of carboxylic acids is 1. The second-order valence-electron chi connectivity index (χ2n) is 6.68. The van der Waals surface area contributed by atoms with Gasteiger partial charge in [-0.1, -0.05) is 29.4 Å². The highest BCUT2D eigenvalue weighted by Crippen LogP contribution is 2.29. The van der Waals surface area contributed by atoms with Crippen LogP contribution >= 0.6 is 0 Å². The zero-order valence-corrected chi connectivity index (χ0v) is 15.5. The van der Waals surface area contributed by atoms with E-state index in [2.05, 4.69) is 0 Å². The third-order valence-electron chi connectivity index (χ3n) is 4.12. The lowest BCUT2D eigenvalue weighted by molar-refractivity contribution is -0.179. The molecule has 0 saturated heterocycles. The van der Waals surface area contributed by atoms with Crippen LogP contribution in [0, 0.1) is 0 Å². The van der Waals surface area contributed by atoms with Crippen LogP contribution in [-0.4, -0.2) is 27.9 Å². The highest BCUT2D eigenvalue weighted by Gasteiger charge is 2.37. The van der Waals surface area contributed by atoms with Gasteiger partial charge in [0.25, 0.3) is 0 Å². The lowest BCUT2D eigenvalue weighted by Crippen LogP contribution is -2.30. The summed E-state index contributed by atoms with van der Waals surface area (Å²) in [4.78, 5) is 22.5. The first kappa shape index (κ1) is 20.9. The minimum absolute atomic E-state index is 0.197. The first-order chi connectivity index (χ1) is 11.6. The Morgan fingerprint density at radius 1 is 1.16 bits per heavy atom. The number of carbonyl (C=O) groups is 2. The monoisotopic (exact) mass is 348 g/mol. The maximum absolute atomic E-state index is 11.3. The summed E-state index contributed by atoms with van der Waals surface area (Å²) >= 11 is 0. The molecule has 0 saturated carbocycles. The number of esters is 1. The van der Waals surface area contributed by atoms with Crippen molar-refractivity contribution in [3.8, 4) is 0 Å². The zero-order valence-electron chi connectivity index (χ0n) is 15.5. The van der Waals surface area contributed by atoms with Crippen LogP contribution in [-0.2, 0) is 14.3 Å². The van der Waals surface area contributed by atoms with Gasteiger partial charge in [-0.25, -0.2) is 9.59 Å². The lowest BCUT2D eigenvalue weighted by Gasteiger charge is -2.21. The number of carbonyl (C=O) groups excluding carboxylic acids is 1. The molecule has 1 rings (SSSR count). The lowest BCUT2D eigenvalue weighted by atomic mass is 10.0. The van der Waals surface area contributed by atoms with E-state index in [-0.39, 0.29) is 6.42 Å². The Bertz CT molecular complexity index is 632. The van der Waals surface area contributed by atoms with Gasteiger partial charge in [0.15, 0.2) is 0 Å². The maximum Gasteiger partial charge on any atom is 0.333 e. The first-order valence-electron chi connectivity index (χ1n) is 8.49. The predicted octanol–water partition coefficient (Wildman–Crippen LogP) is 4.05. The average molecular weight is 348 g/mol. The van der Waals surface area contributed by atoms with Crippen molar-refractivity contribution < 1.29 is 24.5 Å². The summed E-state index contributed by atoms with van der Waals surface area (Å²) in [6.07, 6.45) is 9.64. The Hall–Kier alpha value is -2.14. The highest BCUT2D eigenvalue weighted by molar-refractivity contribution is 5.86.